The molecule has 1 aromatic carbocycles. The van der Waals surface area contributed by atoms with Crippen molar-refractivity contribution in [3.63, 3.8) is 0 Å². The fraction of sp³-hybridized carbons (Fsp3) is 0.0909. The summed E-state index contributed by atoms with van der Waals surface area (Å²) in [7, 11) is 0. The molecule has 0 atom stereocenters. The van der Waals surface area contributed by atoms with Crippen LogP contribution in [0.25, 0.3) is 11.0 Å². The highest BCUT2D eigenvalue weighted by Gasteiger charge is 2.17. The molecule has 4 N–H and O–H groups in total. The van der Waals surface area contributed by atoms with E-state index in [-0.39, 0.29) is 17.4 Å². The van der Waals surface area contributed by atoms with Gasteiger partial charge in [-0.05, 0) is 12.1 Å². The number of primary amides is 1. The van der Waals surface area contributed by atoms with Crippen molar-refractivity contribution in [1.29, 1.82) is 0 Å². The molecule has 2 aromatic rings. The normalized spacial score (nSPS) is 10.4. The van der Waals surface area contributed by atoms with E-state index in [2.05, 4.69) is 0 Å². The van der Waals surface area contributed by atoms with Crippen molar-refractivity contribution in [3.05, 3.63) is 30.0 Å². The van der Waals surface area contributed by atoms with Gasteiger partial charge >= 0.3 is 0 Å². The predicted molar refractivity (Wildman–Crippen MR) is 66.8 cm³/mol. The number of rotatable bonds is 4. The summed E-state index contributed by atoms with van der Waals surface area (Å²) in [6, 6.07) is 7.18. The highest BCUT2D eigenvalue weighted by molar-refractivity contribution is 7.80. The van der Waals surface area contributed by atoms with Crippen LogP contribution in [0.4, 0.5) is 0 Å². The molecule has 1 amide bonds. The van der Waals surface area contributed by atoms with Crippen molar-refractivity contribution >= 4 is 34.1 Å². The Bertz CT molecular complexity index is 591. The van der Waals surface area contributed by atoms with E-state index in [1.165, 1.54) is 0 Å². The molecule has 2 rings (SSSR count). The number of para-hydroxylation sites is 1. The molecule has 88 valence electrons. The molecule has 6 heteroatoms. The third kappa shape index (κ3) is 2.21. The number of thiocarbonyl (C=S) groups is 1. The maximum Gasteiger partial charge on any atom is 0.255 e. The Balaban J connectivity index is 2.51. The molecule has 0 spiro atoms. The van der Waals surface area contributed by atoms with Gasteiger partial charge in [0.05, 0.1) is 5.39 Å². The second-order valence-corrected chi connectivity index (χ2v) is 3.82. The molecule has 5 nitrogen and oxygen atoms in total. The number of nitrogens with two attached hydrogens (primary N) is 2. The lowest BCUT2D eigenvalue weighted by molar-refractivity contribution is -0.119. The third-order valence-corrected chi connectivity index (χ3v) is 2.32. The lowest BCUT2D eigenvalue weighted by Crippen LogP contribution is -2.21. The lowest BCUT2D eigenvalue weighted by Gasteiger charge is -2.03. The Morgan fingerprint density at radius 3 is 2.71 bits per heavy atom. The number of carbonyl (C=O) groups excluding carboxylic acids is 1. The van der Waals surface area contributed by atoms with E-state index >= 15 is 0 Å². The summed E-state index contributed by atoms with van der Waals surface area (Å²) in [5.41, 5.74) is 11.1. The van der Waals surface area contributed by atoms with Crippen molar-refractivity contribution in [2.24, 2.45) is 11.5 Å². The highest BCUT2D eigenvalue weighted by atomic mass is 32.1. The smallest absolute Gasteiger partial charge is 0.255 e. The van der Waals surface area contributed by atoms with E-state index in [4.69, 9.17) is 32.8 Å². The number of hydrogen-bond donors (Lipinski definition) is 2. The molecule has 0 unspecified atom stereocenters. The first-order valence-corrected chi connectivity index (χ1v) is 5.23. The summed E-state index contributed by atoms with van der Waals surface area (Å²) < 4.78 is 10.7. The van der Waals surface area contributed by atoms with Gasteiger partial charge in [-0.1, -0.05) is 24.4 Å². The molecule has 17 heavy (non-hydrogen) atoms. The van der Waals surface area contributed by atoms with Crippen LogP contribution in [0, 0.1) is 0 Å². The molecule has 0 aliphatic heterocycles. The second-order valence-electron chi connectivity index (χ2n) is 3.38. The van der Waals surface area contributed by atoms with Crippen molar-refractivity contribution in [2.75, 3.05) is 6.61 Å². The number of ether oxygens (including phenoxy) is 1. The highest BCUT2D eigenvalue weighted by Crippen LogP contribution is 2.32. The van der Waals surface area contributed by atoms with Crippen LogP contribution >= 0.6 is 12.2 Å². The van der Waals surface area contributed by atoms with Gasteiger partial charge in [0, 0.05) is 0 Å². The van der Waals surface area contributed by atoms with Gasteiger partial charge in [-0.2, -0.15) is 0 Å². The first-order chi connectivity index (χ1) is 8.09. The number of fused-ring (bicyclic) bond motifs is 1. The van der Waals surface area contributed by atoms with Crippen molar-refractivity contribution in [3.8, 4) is 5.75 Å². The molecule has 0 aliphatic carbocycles. The zero-order valence-electron chi connectivity index (χ0n) is 8.80. The summed E-state index contributed by atoms with van der Waals surface area (Å²) in [5, 5.41) is 0.705. The van der Waals surface area contributed by atoms with Crippen LogP contribution in [0.3, 0.4) is 0 Å². The monoisotopic (exact) mass is 250 g/mol. The van der Waals surface area contributed by atoms with Gasteiger partial charge in [0.1, 0.15) is 10.6 Å². The van der Waals surface area contributed by atoms with Crippen LogP contribution in [-0.4, -0.2) is 17.5 Å². The minimum atomic E-state index is -0.579. The number of carbonyl (C=O) groups is 1. The number of hydrogen-bond acceptors (Lipinski definition) is 4. The molecule has 1 aromatic heterocycles. The molecule has 0 bridgehead atoms. The van der Waals surface area contributed by atoms with E-state index in [0.717, 1.165) is 0 Å². The van der Waals surface area contributed by atoms with Gasteiger partial charge in [0.25, 0.3) is 5.91 Å². The van der Waals surface area contributed by atoms with Crippen LogP contribution < -0.4 is 16.2 Å². The van der Waals surface area contributed by atoms with Crippen LogP contribution in [0.15, 0.2) is 28.7 Å². The molecule has 0 aliphatic rings. The molecular formula is C11H10N2O3S. The topological polar surface area (TPSA) is 91.5 Å². The number of benzene rings is 1. The van der Waals surface area contributed by atoms with Crippen molar-refractivity contribution in [2.45, 2.75) is 0 Å². The summed E-state index contributed by atoms with van der Waals surface area (Å²) in [5.74, 6) is 0.0264. The Morgan fingerprint density at radius 1 is 1.35 bits per heavy atom. The first kappa shape index (κ1) is 11.4. The van der Waals surface area contributed by atoms with E-state index in [0.29, 0.717) is 16.7 Å². The maximum absolute atomic E-state index is 10.7. The molecule has 0 saturated carbocycles. The van der Waals surface area contributed by atoms with Crippen LogP contribution in [0.2, 0.25) is 0 Å². The molecule has 0 radical (unpaired) electrons. The zero-order chi connectivity index (χ0) is 12.4. The Labute approximate surface area is 102 Å². The predicted octanol–water partition coefficient (Wildman–Crippen LogP) is 0.931. The van der Waals surface area contributed by atoms with Gasteiger partial charge in [-0.15, -0.1) is 0 Å². The van der Waals surface area contributed by atoms with Crippen molar-refractivity contribution in [1.82, 2.24) is 0 Å². The maximum atomic E-state index is 10.7. The average Bonchev–Trinajstić information content (AvgIpc) is 2.65. The summed E-state index contributed by atoms with van der Waals surface area (Å²) in [4.78, 5) is 10.8. The standard InChI is InChI=1S/C11H10N2O3S/c12-8(14)5-15-9-6-3-1-2-4-7(6)16-10(9)11(13)17/h1-4H,5H2,(H2,12,14)(H2,13,17). The Kier molecular flexibility index (Phi) is 2.97. The summed E-state index contributed by atoms with van der Waals surface area (Å²) in [6.07, 6.45) is 0. The summed E-state index contributed by atoms with van der Waals surface area (Å²) >= 11 is 4.86. The van der Waals surface area contributed by atoms with Gasteiger partial charge < -0.3 is 20.6 Å². The Morgan fingerprint density at radius 2 is 2.06 bits per heavy atom. The van der Waals surface area contributed by atoms with Crippen LogP contribution in [-0.2, 0) is 4.79 Å². The fourth-order valence-electron chi connectivity index (χ4n) is 1.47. The second kappa shape index (κ2) is 4.42. The third-order valence-electron chi connectivity index (χ3n) is 2.13. The van der Waals surface area contributed by atoms with Gasteiger partial charge in [0.15, 0.2) is 12.4 Å². The SMILES string of the molecule is NC(=O)COc1c(C(N)=S)oc2ccccc12. The van der Waals surface area contributed by atoms with Gasteiger partial charge in [0.2, 0.25) is 5.76 Å². The van der Waals surface area contributed by atoms with Gasteiger partial charge in [-0.25, -0.2) is 0 Å². The zero-order valence-corrected chi connectivity index (χ0v) is 9.62. The number of amides is 1. The van der Waals surface area contributed by atoms with Crippen molar-refractivity contribution < 1.29 is 13.9 Å². The Hall–Kier alpha value is -2.08. The summed E-state index contributed by atoms with van der Waals surface area (Å²) in [6.45, 7) is -0.251. The largest absolute Gasteiger partial charge is 0.479 e. The number of furan rings is 1. The van der Waals surface area contributed by atoms with Gasteiger partial charge in [-0.3, -0.25) is 4.79 Å². The first-order valence-electron chi connectivity index (χ1n) is 4.82. The average molecular weight is 250 g/mol. The minimum Gasteiger partial charge on any atom is -0.479 e. The quantitative estimate of drug-likeness (QED) is 0.788. The van der Waals surface area contributed by atoms with E-state index < -0.39 is 5.91 Å². The fourth-order valence-corrected chi connectivity index (χ4v) is 1.60. The van der Waals surface area contributed by atoms with Crippen LogP contribution in [0.5, 0.6) is 5.75 Å². The lowest BCUT2D eigenvalue weighted by atomic mass is 10.2. The molecular weight excluding hydrogens is 240 g/mol. The van der Waals surface area contributed by atoms with E-state index in [1.807, 2.05) is 12.1 Å². The van der Waals surface area contributed by atoms with Crippen LogP contribution in [0.1, 0.15) is 5.76 Å². The molecule has 1 heterocycles. The van der Waals surface area contributed by atoms with E-state index in [9.17, 15) is 4.79 Å². The van der Waals surface area contributed by atoms with E-state index in [1.54, 1.807) is 12.1 Å². The molecule has 0 fully saturated rings. The minimum absolute atomic E-state index is 0.0701. The molecule has 0 saturated heterocycles.